The fraction of sp³-hybridized carbons (Fsp3) is 0.214. The second kappa shape index (κ2) is 5.89. The molecule has 0 saturated heterocycles. The van der Waals surface area contributed by atoms with Crippen LogP contribution in [0.4, 0.5) is 10.2 Å². The molecule has 19 heavy (non-hydrogen) atoms. The molecule has 0 amide bonds. The largest absolute Gasteiger partial charge is 0.487 e. The molecular formula is C14H14ClFN2O. The van der Waals surface area contributed by atoms with E-state index in [0.717, 1.165) is 11.4 Å². The van der Waals surface area contributed by atoms with Crippen LogP contribution in [0.3, 0.4) is 0 Å². The van der Waals surface area contributed by atoms with E-state index in [1.165, 1.54) is 12.1 Å². The van der Waals surface area contributed by atoms with Gasteiger partial charge in [-0.05, 0) is 42.8 Å². The van der Waals surface area contributed by atoms with Crippen LogP contribution in [0.1, 0.15) is 11.3 Å². The van der Waals surface area contributed by atoms with E-state index in [0.29, 0.717) is 16.5 Å². The van der Waals surface area contributed by atoms with Crippen LogP contribution in [0.25, 0.3) is 0 Å². The van der Waals surface area contributed by atoms with Gasteiger partial charge in [0.25, 0.3) is 0 Å². The fourth-order valence-electron chi connectivity index (χ4n) is 1.65. The molecule has 0 spiro atoms. The van der Waals surface area contributed by atoms with Crippen molar-refractivity contribution in [3.63, 3.8) is 0 Å². The van der Waals surface area contributed by atoms with Crippen molar-refractivity contribution in [1.29, 1.82) is 0 Å². The Labute approximate surface area is 116 Å². The molecule has 0 saturated carbocycles. The van der Waals surface area contributed by atoms with Gasteiger partial charge in [-0.1, -0.05) is 11.6 Å². The van der Waals surface area contributed by atoms with Gasteiger partial charge in [0.2, 0.25) is 0 Å². The predicted molar refractivity (Wildman–Crippen MR) is 74.3 cm³/mol. The molecule has 0 aliphatic carbocycles. The van der Waals surface area contributed by atoms with E-state index < -0.39 is 0 Å². The first-order chi connectivity index (χ1) is 9.10. The average Bonchev–Trinajstić information content (AvgIpc) is 2.39. The van der Waals surface area contributed by atoms with Gasteiger partial charge < -0.3 is 10.1 Å². The van der Waals surface area contributed by atoms with Crippen molar-refractivity contribution in [2.45, 2.75) is 13.5 Å². The number of ether oxygens (including phenoxy) is 1. The molecule has 0 atom stereocenters. The molecule has 0 aliphatic heterocycles. The number of pyridine rings is 1. The first-order valence-corrected chi connectivity index (χ1v) is 6.20. The number of nitrogens with zero attached hydrogens (tertiary/aromatic N) is 1. The standard InChI is InChI=1S/C14H14ClFN2O/c1-9-7-10(16)3-5-13(9)19-8-12-11(15)4-6-14(17-2)18-12/h3-7H,8H2,1-2H3,(H,17,18). The molecular weight excluding hydrogens is 267 g/mol. The highest BCUT2D eigenvalue weighted by Crippen LogP contribution is 2.22. The maximum absolute atomic E-state index is 13.0. The highest BCUT2D eigenvalue weighted by Gasteiger charge is 2.06. The Kier molecular flexibility index (Phi) is 4.22. The zero-order valence-electron chi connectivity index (χ0n) is 10.7. The lowest BCUT2D eigenvalue weighted by molar-refractivity contribution is 0.299. The van der Waals surface area contributed by atoms with Crippen LogP contribution in [-0.4, -0.2) is 12.0 Å². The average molecular weight is 281 g/mol. The van der Waals surface area contributed by atoms with Crippen LogP contribution >= 0.6 is 11.6 Å². The zero-order chi connectivity index (χ0) is 13.8. The van der Waals surface area contributed by atoms with Gasteiger partial charge in [0, 0.05) is 7.05 Å². The molecule has 1 heterocycles. The van der Waals surface area contributed by atoms with Crippen molar-refractivity contribution >= 4 is 17.4 Å². The van der Waals surface area contributed by atoms with Gasteiger partial charge in [0.05, 0.1) is 10.7 Å². The monoisotopic (exact) mass is 280 g/mol. The summed E-state index contributed by atoms with van der Waals surface area (Å²) >= 11 is 6.05. The van der Waals surface area contributed by atoms with Crippen LogP contribution in [-0.2, 0) is 6.61 Å². The lowest BCUT2D eigenvalue weighted by atomic mass is 10.2. The van der Waals surface area contributed by atoms with E-state index in [4.69, 9.17) is 16.3 Å². The van der Waals surface area contributed by atoms with Crippen molar-refractivity contribution in [3.05, 3.63) is 52.4 Å². The molecule has 3 nitrogen and oxygen atoms in total. The minimum atomic E-state index is -0.279. The first kappa shape index (κ1) is 13.6. The highest BCUT2D eigenvalue weighted by atomic mass is 35.5. The summed E-state index contributed by atoms with van der Waals surface area (Å²) < 4.78 is 18.6. The Morgan fingerprint density at radius 3 is 2.79 bits per heavy atom. The Morgan fingerprint density at radius 2 is 2.11 bits per heavy atom. The van der Waals surface area contributed by atoms with Crippen molar-refractivity contribution in [3.8, 4) is 5.75 Å². The van der Waals surface area contributed by atoms with Gasteiger partial charge in [0.15, 0.2) is 0 Å². The minimum Gasteiger partial charge on any atom is -0.487 e. The Morgan fingerprint density at radius 1 is 1.32 bits per heavy atom. The van der Waals surface area contributed by atoms with Crippen molar-refractivity contribution in [2.24, 2.45) is 0 Å². The molecule has 100 valence electrons. The van der Waals surface area contributed by atoms with Crippen LogP contribution in [0, 0.1) is 12.7 Å². The fourth-order valence-corrected chi connectivity index (χ4v) is 1.81. The number of halogens is 2. The molecule has 0 aliphatic rings. The summed E-state index contributed by atoms with van der Waals surface area (Å²) in [5.41, 5.74) is 1.37. The number of benzene rings is 1. The van der Waals surface area contributed by atoms with E-state index in [9.17, 15) is 4.39 Å². The smallest absolute Gasteiger partial charge is 0.132 e. The number of hydrogen-bond acceptors (Lipinski definition) is 3. The van der Waals surface area contributed by atoms with Crippen molar-refractivity contribution < 1.29 is 9.13 Å². The first-order valence-electron chi connectivity index (χ1n) is 5.82. The normalized spacial score (nSPS) is 10.3. The summed E-state index contributed by atoms with van der Waals surface area (Å²) in [7, 11) is 1.78. The van der Waals surface area contributed by atoms with Gasteiger partial charge in [-0.15, -0.1) is 0 Å². The summed E-state index contributed by atoms with van der Waals surface area (Å²) in [6, 6.07) is 7.93. The third-order valence-electron chi connectivity index (χ3n) is 2.68. The number of aryl methyl sites for hydroxylation is 1. The van der Waals surface area contributed by atoms with E-state index in [2.05, 4.69) is 10.3 Å². The van der Waals surface area contributed by atoms with Gasteiger partial charge >= 0.3 is 0 Å². The molecule has 5 heteroatoms. The van der Waals surface area contributed by atoms with E-state index in [1.54, 1.807) is 32.2 Å². The lowest BCUT2D eigenvalue weighted by Crippen LogP contribution is -2.03. The second-order valence-electron chi connectivity index (χ2n) is 4.07. The Bertz CT molecular complexity index is 590. The molecule has 2 rings (SSSR count). The number of hydrogen-bond donors (Lipinski definition) is 1. The van der Waals surface area contributed by atoms with Gasteiger partial charge in [-0.25, -0.2) is 9.37 Å². The summed E-state index contributed by atoms with van der Waals surface area (Å²) in [4.78, 5) is 4.31. The number of anilines is 1. The van der Waals surface area contributed by atoms with Crippen molar-refractivity contribution in [2.75, 3.05) is 12.4 Å². The molecule has 0 radical (unpaired) electrons. The van der Waals surface area contributed by atoms with Crippen molar-refractivity contribution in [1.82, 2.24) is 4.98 Å². The van der Waals surface area contributed by atoms with Crippen LogP contribution < -0.4 is 10.1 Å². The van der Waals surface area contributed by atoms with Crippen LogP contribution in [0.2, 0.25) is 5.02 Å². The maximum atomic E-state index is 13.0. The van der Waals surface area contributed by atoms with Gasteiger partial charge in [-0.3, -0.25) is 0 Å². The summed E-state index contributed by atoms with van der Waals surface area (Å²) in [5, 5.41) is 3.48. The Balaban J connectivity index is 2.14. The topological polar surface area (TPSA) is 34.1 Å². The molecule has 0 fully saturated rings. The number of aromatic nitrogens is 1. The predicted octanol–water partition coefficient (Wildman–Crippen LogP) is 3.80. The number of rotatable bonds is 4. The maximum Gasteiger partial charge on any atom is 0.132 e. The van der Waals surface area contributed by atoms with Crippen LogP contribution in [0.15, 0.2) is 30.3 Å². The summed E-state index contributed by atoms with van der Waals surface area (Å²) in [6.07, 6.45) is 0. The quantitative estimate of drug-likeness (QED) is 0.925. The third-order valence-corrected chi connectivity index (χ3v) is 3.02. The Hall–Kier alpha value is -1.81. The second-order valence-corrected chi connectivity index (χ2v) is 4.48. The summed E-state index contributed by atoms with van der Waals surface area (Å²) in [6.45, 7) is 2.03. The highest BCUT2D eigenvalue weighted by molar-refractivity contribution is 6.31. The molecule has 0 bridgehead atoms. The van der Waals surface area contributed by atoms with Gasteiger partial charge in [-0.2, -0.15) is 0 Å². The van der Waals surface area contributed by atoms with E-state index in [-0.39, 0.29) is 12.4 Å². The lowest BCUT2D eigenvalue weighted by Gasteiger charge is -2.10. The van der Waals surface area contributed by atoms with E-state index in [1.807, 2.05) is 0 Å². The minimum absolute atomic E-state index is 0.237. The van der Waals surface area contributed by atoms with E-state index >= 15 is 0 Å². The molecule has 0 unspecified atom stereocenters. The summed E-state index contributed by atoms with van der Waals surface area (Å²) in [5.74, 6) is 1.06. The molecule has 1 aromatic carbocycles. The van der Waals surface area contributed by atoms with Crippen LogP contribution in [0.5, 0.6) is 5.75 Å². The van der Waals surface area contributed by atoms with Gasteiger partial charge in [0.1, 0.15) is 24.0 Å². The molecule has 2 aromatic rings. The SMILES string of the molecule is CNc1ccc(Cl)c(COc2ccc(F)cc2C)n1. The number of nitrogens with one attached hydrogen (secondary N) is 1. The molecule has 1 aromatic heterocycles. The third kappa shape index (κ3) is 3.35. The molecule has 1 N–H and O–H groups in total. The zero-order valence-corrected chi connectivity index (χ0v) is 11.5.